The lowest BCUT2D eigenvalue weighted by Gasteiger charge is -2.16. The zero-order valence-electron chi connectivity index (χ0n) is 23.2. The number of rotatable bonds is 10. The molecule has 0 saturated heterocycles. The molecule has 0 saturated carbocycles. The third-order valence-corrected chi connectivity index (χ3v) is 7.20. The second-order valence-corrected chi connectivity index (χ2v) is 10.8. The van der Waals surface area contributed by atoms with Gasteiger partial charge in [0.05, 0.1) is 5.69 Å². The summed E-state index contributed by atoms with van der Waals surface area (Å²) in [5.74, 6) is -1.99. The van der Waals surface area contributed by atoms with E-state index < -0.39 is 22.9 Å². The quantitative estimate of drug-likeness (QED) is 0.183. The molecule has 5 rings (SSSR count). The van der Waals surface area contributed by atoms with E-state index in [-0.39, 0.29) is 17.5 Å². The van der Waals surface area contributed by atoms with Crippen molar-refractivity contribution in [2.24, 2.45) is 0 Å². The van der Waals surface area contributed by atoms with Crippen molar-refractivity contribution in [2.75, 3.05) is 23.7 Å². The molecule has 0 unspecified atom stereocenters. The molecule has 0 aliphatic rings. The maximum Gasteiger partial charge on any atom is 0.257 e. The zero-order valence-corrected chi connectivity index (χ0v) is 24.1. The standard InChI is InChI=1S/C30H29F2N7O2S/c1-17(2)33-12-5-13-34-29-36-25(21-16-19(9-8-18(21)3)28(41)38-30-35-14-15-42-30)20-10-11-24(40)39(27(20)37-29)26-22(31)6-4-7-23(26)32/h4,6-11,14-17,33H,5,12-13H2,1-3H3,(H,34,36,37)(H,35,38,41). The van der Waals surface area contributed by atoms with Gasteiger partial charge in [-0.3, -0.25) is 19.5 Å². The molecule has 3 heterocycles. The van der Waals surface area contributed by atoms with Crippen LogP contribution in [0.3, 0.4) is 0 Å². The topological polar surface area (TPSA) is 114 Å². The Morgan fingerprint density at radius 1 is 1.05 bits per heavy atom. The molecule has 1 amide bonds. The summed E-state index contributed by atoms with van der Waals surface area (Å²) in [6.45, 7) is 7.24. The zero-order chi connectivity index (χ0) is 29.8. The van der Waals surface area contributed by atoms with Gasteiger partial charge in [-0.1, -0.05) is 26.0 Å². The van der Waals surface area contributed by atoms with E-state index in [0.717, 1.165) is 35.2 Å². The highest BCUT2D eigenvalue weighted by Gasteiger charge is 2.21. The Hall–Kier alpha value is -4.55. The van der Waals surface area contributed by atoms with Gasteiger partial charge in [0.2, 0.25) is 5.95 Å². The minimum Gasteiger partial charge on any atom is -0.354 e. The summed E-state index contributed by atoms with van der Waals surface area (Å²) in [7, 11) is 0. The monoisotopic (exact) mass is 589 g/mol. The van der Waals surface area contributed by atoms with Crippen molar-refractivity contribution in [3.05, 3.63) is 93.2 Å². The highest BCUT2D eigenvalue weighted by molar-refractivity contribution is 7.13. The molecule has 0 fully saturated rings. The number of nitrogens with one attached hydrogen (secondary N) is 3. The van der Waals surface area contributed by atoms with Crippen LogP contribution >= 0.6 is 11.3 Å². The first-order valence-electron chi connectivity index (χ1n) is 13.4. The Morgan fingerprint density at radius 2 is 1.83 bits per heavy atom. The Morgan fingerprint density at radius 3 is 2.55 bits per heavy atom. The molecular formula is C30H29F2N7O2S. The van der Waals surface area contributed by atoms with E-state index in [0.29, 0.717) is 39.9 Å². The van der Waals surface area contributed by atoms with Crippen molar-refractivity contribution in [3.8, 4) is 16.9 Å². The summed E-state index contributed by atoms with van der Waals surface area (Å²) in [4.78, 5) is 39.5. The van der Waals surface area contributed by atoms with Crippen molar-refractivity contribution in [1.29, 1.82) is 0 Å². The van der Waals surface area contributed by atoms with Gasteiger partial charge >= 0.3 is 0 Å². The molecule has 9 nitrogen and oxygen atoms in total. The number of pyridine rings is 1. The van der Waals surface area contributed by atoms with Crippen molar-refractivity contribution in [1.82, 2.24) is 24.8 Å². The van der Waals surface area contributed by atoms with E-state index in [2.05, 4.69) is 39.8 Å². The van der Waals surface area contributed by atoms with Crippen LogP contribution in [0.4, 0.5) is 19.9 Å². The van der Waals surface area contributed by atoms with Gasteiger partial charge in [0.25, 0.3) is 11.5 Å². The van der Waals surface area contributed by atoms with E-state index in [1.807, 2.05) is 6.92 Å². The number of anilines is 2. The Kier molecular flexibility index (Phi) is 8.64. The molecule has 42 heavy (non-hydrogen) atoms. The van der Waals surface area contributed by atoms with Crippen molar-refractivity contribution < 1.29 is 13.6 Å². The van der Waals surface area contributed by atoms with Crippen molar-refractivity contribution in [2.45, 2.75) is 33.2 Å². The molecule has 216 valence electrons. The third kappa shape index (κ3) is 6.19. The lowest BCUT2D eigenvalue weighted by Crippen LogP contribution is -2.25. The fourth-order valence-electron chi connectivity index (χ4n) is 4.47. The van der Waals surface area contributed by atoms with Gasteiger partial charge in [-0.05, 0) is 55.8 Å². The average molecular weight is 590 g/mol. The molecule has 0 spiro atoms. The van der Waals surface area contributed by atoms with Crippen molar-refractivity contribution >= 4 is 39.4 Å². The molecule has 3 aromatic heterocycles. The Bertz CT molecular complexity index is 1790. The number of amides is 1. The molecule has 0 radical (unpaired) electrons. The fraction of sp³-hybridized carbons (Fsp3) is 0.233. The second-order valence-electron chi connectivity index (χ2n) is 9.92. The molecule has 0 atom stereocenters. The van der Waals surface area contributed by atoms with Gasteiger partial charge in [0.15, 0.2) is 10.8 Å². The predicted octanol–water partition coefficient (Wildman–Crippen LogP) is 5.54. The summed E-state index contributed by atoms with van der Waals surface area (Å²) < 4.78 is 30.9. The summed E-state index contributed by atoms with van der Waals surface area (Å²) >= 11 is 1.30. The molecule has 5 aromatic rings. The fourth-order valence-corrected chi connectivity index (χ4v) is 4.99. The number of para-hydroxylation sites is 1. The van der Waals surface area contributed by atoms with Gasteiger partial charge in [-0.2, -0.15) is 4.98 Å². The molecule has 3 N–H and O–H groups in total. The lowest BCUT2D eigenvalue weighted by atomic mass is 9.99. The molecular weight excluding hydrogens is 560 g/mol. The smallest absolute Gasteiger partial charge is 0.257 e. The average Bonchev–Trinajstić information content (AvgIpc) is 3.46. The largest absolute Gasteiger partial charge is 0.354 e. The van der Waals surface area contributed by atoms with Crippen molar-refractivity contribution in [3.63, 3.8) is 0 Å². The van der Waals surface area contributed by atoms with Crippen LogP contribution in [0.2, 0.25) is 0 Å². The van der Waals surface area contributed by atoms with Crippen LogP contribution in [-0.2, 0) is 0 Å². The minimum absolute atomic E-state index is 0.0244. The first-order chi connectivity index (χ1) is 20.2. The van der Waals surface area contributed by atoms with Crippen LogP contribution < -0.4 is 21.5 Å². The lowest BCUT2D eigenvalue weighted by molar-refractivity contribution is 0.102. The van der Waals surface area contributed by atoms with E-state index in [1.165, 1.54) is 29.5 Å². The first kappa shape index (κ1) is 29.0. The van der Waals surface area contributed by atoms with E-state index in [4.69, 9.17) is 4.98 Å². The molecule has 0 aliphatic heterocycles. The molecule has 12 heteroatoms. The number of halogens is 2. The third-order valence-electron chi connectivity index (χ3n) is 6.51. The summed E-state index contributed by atoms with van der Waals surface area (Å²) in [5.41, 5.74) is 0.988. The number of thiazole rings is 1. The number of benzene rings is 2. The van der Waals surface area contributed by atoms with Crippen LogP contribution in [0, 0.1) is 18.6 Å². The number of hydrogen-bond donors (Lipinski definition) is 3. The summed E-state index contributed by atoms with van der Waals surface area (Å²) in [6.07, 6.45) is 2.35. The Labute approximate surface area is 244 Å². The van der Waals surface area contributed by atoms with E-state index in [1.54, 1.807) is 29.8 Å². The van der Waals surface area contributed by atoms with Crippen LogP contribution in [0.1, 0.15) is 36.2 Å². The molecule has 0 bridgehead atoms. The van der Waals surface area contributed by atoms with Gasteiger partial charge < -0.3 is 10.6 Å². The SMILES string of the molecule is Cc1ccc(C(=O)Nc2nccs2)cc1-c1nc(NCCCNC(C)C)nc2c1ccc(=O)n2-c1c(F)cccc1F. The molecule has 0 aliphatic carbocycles. The number of carbonyl (C=O) groups is 1. The summed E-state index contributed by atoms with van der Waals surface area (Å²) in [6, 6.07) is 11.7. The number of aryl methyl sites for hydroxylation is 1. The van der Waals surface area contributed by atoms with Gasteiger partial charge in [0, 0.05) is 46.7 Å². The number of nitrogens with zero attached hydrogens (tertiary/aromatic N) is 4. The van der Waals surface area contributed by atoms with Crippen LogP contribution in [0.15, 0.2) is 64.9 Å². The molecule has 2 aromatic carbocycles. The van der Waals surface area contributed by atoms with E-state index in [9.17, 15) is 18.4 Å². The predicted molar refractivity (Wildman–Crippen MR) is 162 cm³/mol. The van der Waals surface area contributed by atoms with Crippen LogP contribution in [0.5, 0.6) is 0 Å². The van der Waals surface area contributed by atoms with Crippen LogP contribution in [-0.4, -0.2) is 44.6 Å². The number of fused-ring (bicyclic) bond motifs is 1. The summed E-state index contributed by atoms with van der Waals surface area (Å²) in [5, 5.41) is 11.9. The van der Waals surface area contributed by atoms with Gasteiger partial charge in [-0.25, -0.2) is 18.7 Å². The van der Waals surface area contributed by atoms with Gasteiger partial charge in [0.1, 0.15) is 17.3 Å². The maximum atomic E-state index is 15.0. The van der Waals surface area contributed by atoms with Gasteiger partial charge in [-0.15, -0.1) is 11.3 Å². The first-order valence-corrected chi connectivity index (χ1v) is 14.3. The van der Waals surface area contributed by atoms with Crippen LogP contribution in [0.25, 0.3) is 28.0 Å². The highest BCUT2D eigenvalue weighted by atomic mass is 32.1. The van der Waals surface area contributed by atoms with E-state index >= 15 is 0 Å². The number of aromatic nitrogens is 4. The highest BCUT2D eigenvalue weighted by Crippen LogP contribution is 2.32. The second kappa shape index (κ2) is 12.5. The minimum atomic E-state index is -0.906. The Balaban J connectivity index is 1.66. The normalized spacial score (nSPS) is 11.3. The maximum absolute atomic E-state index is 15.0. The number of hydrogen-bond acceptors (Lipinski definition) is 8. The number of carbonyl (C=O) groups excluding carboxylic acids is 1.